The lowest BCUT2D eigenvalue weighted by atomic mass is 10.2. The third-order valence-electron chi connectivity index (χ3n) is 1.67. The Morgan fingerprint density at radius 2 is 2.17 bits per heavy atom. The van der Waals surface area contributed by atoms with Crippen LogP contribution in [-0.4, -0.2) is 30.2 Å². The Labute approximate surface area is 73.7 Å². The highest BCUT2D eigenvalue weighted by Gasteiger charge is 1.99. The molecule has 0 rings (SSSR count). The van der Waals surface area contributed by atoms with Crippen LogP contribution in [0.4, 0.5) is 0 Å². The number of aliphatic hydroxyl groups is 1. The molecule has 0 aromatic carbocycles. The largest absolute Gasteiger partial charge is 0.393 e. The summed E-state index contributed by atoms with van der Waals surface area (Å²) in [5, 5.41) is 9.12. The quantitative estimate of drug-likeness (QED) is 0.589. The van der Waals surface area contributed by atoms with Gasteiger partial charge < -0.3 is 9.84 Å². The molecule has 0 spiro atoms. The number of carbonyl (C=O) groups excluding carboxylic acids is 1. The first kappa shape index (κ1) is 11.6. The van der Waals surface area contributed by atoms with Gasteiger partial charge in [-0.15, -0.1) is 0 Å². The van der Waals surface area contributed by atoms with Crippen LogP contribution < -0.4 is 0 Å². The fourth-order valence-corrected chi connectivity index (χ4v) is 0.741. The Hall–Kier alpha value is -0.410. The summed E-state index contributed by atoms with van der Waals surface area (Å²) in [6.45, 7) is 4.50. The van der Waals surface area contributed by atoms with Crippen molar-refractivity contribution in [3.63, 3.8) is 0 Å². The Bertz CT molecular complexity index is 123. The van der Waals surface area contributed by atoms with Crippen LogP contribution in [0, 0.1) is 0 Å². The number of carbonyl (C=O) groups is 1. The van der Waals surface area contributed by atoms with E-state index < -0.39 is 0 Å². The highest BCUT2D eigenvalue weighted by Crippen LogP contribution is 1.97. The Kier molecular flexibility index (Phi) is 7.00. The minimum absolute atomic E-state index is 0.144. The zero-order chi connectivity index (χ0) is 9.40. The summed E-state index contributed by atoms with van der Waals surface area (Å²) in [7, 11) is 0. The lowest BCUT2D eigenvalue weighted by molar-refractivity contribution is -0.118. The molecule has 1 atom stereocenters. The van der Waals surface area contributed by atoms with Gasteiger partial charge in [-0.25, -0.2) is 0 Å². The first-order valence-electron chi connectivity index (χ1n) is 4.42. The number of ether oxygens (including phenoxy) is 1. The average Bonchev–Trinajstić information content (AvgIpc) is 2.03. The van der Waals surface area contributed by atoms with E-state index in [9.17, 15) is 4.79 Å². The summed E-state index contributed by atoms with van der Waals surface area (Å²) < 4.78 is 5.14. The van der Waals surface area contributed by atoms with Crippen LogP contribution in [-0.2, 0) is 9.53 Å². The molecule has 0 heterocycles. The highest BCUT2D eigenvalue weighted by molar-refractivity contribution is 5.75. The van der Waals surface area contributed by atoms with E-state index >= 15 is 0 Å². The molecular formula is C9H18O3. The van der Waals surface area contributed by atoms with Crippen molar-refractivity contribution in [1.29, 1.82) is 0 Å². The molecule has 1 N–H and O–H groups in total. The molecule has 1 unspecified atom stereocenters. The van der Waals surface area contributed by atoms with Crippen LogP contribution in [0.2, 0.25) is 0 Å². The third kappa shape index (κ3) is 7.69. The van der Waals surface area contributed by atoms with Gasteiger partial charge in [-0.2, -0.15) is 0 Å². The van der Waals surface area contributed by atoms with E-state index in [1.165, 1.54) is 0 Å². The first-order chi connectivity index (χ1) is 5.66. The topological polar surface area (TPSA) is 46.5 Å². The summed E-state index contributed by atoms with van der Waals surface area (Å²) in [6.07, 6.45) is 1.63. The van der Waals surface area contributed by atoms with E-state index in [4.69, 9.17) is 9.84 Å². The summed E-state index contributed by atoms with van der Waals surface area (Å²) in [6, 6.07) is 0. The molecular weight excluding hydrogens is 156 g/mol. The van der Waals surface area contributed by atoms with E-state index in [0.717, 1.165) is 6.42 Å². The minimum atomic E-state index is -0.262. The van der Waals surface area contributed by atoms with Gasteiger partial charge in [0.05, 0.1) is 12.7 Å². The van der Waals surface area contributed by atoms with E-state index in [1.54, 1.807) is 6.92 Å². The Morgan fingerprint density at radius 1 is 1.50 bits per heavy atom. The zero-order valence-corrected chi connectivity index (χ0v) is 7.88. The van der Waals surface area contributed by atoms with Gasteiger partial charge in [-0.1, -0.05) is 6.92 Å². The van der Waals surface area contributed by atoms with Gasteiger partial charge in [0, 0.05) is 13.0 Å². The molecule has 0 radical (unpaired) electrons. The van der Waals surface area contributed by atoms with Crippen molar-refractivity contribution in [2.75, 3.05) is 13.2 Å². The van der Waals surface area contributed by atoms with Crippen molar-refractivity contribution < 1.29 is 14.6 Å². The van der Waals surface area contributed by atoms with Crippen molar-refractivity contribution >= 4 is 5.78 Å². The molecule has 0 aliphatic rings. The second-order valence-electron chi connectivity index (χ2n) is 2.92. The number of aliphatic hydroxyl groups excluding tert-OH is 1. The Morgan fingerprint density at radius 3 is 2.67 bits per heavy atom. The molecule has 0 amide bonds. The molecule has 0 aliphatic carbocycles. The highest BCUT2D eigenvalue weighted by atomic mass is 16.5. The van der Waals surface area contributed by atoms with Crippen molar-refractivity contribution in [1.82, 2.24) is 0 Å². The van der Waals surface area contributed by atoms with Gasteiger partial charge in [0.15, 0.2) is 0 Å². The number of hydrogen-bond acceptors (Lipinski definition) is 3. The van der Waals surface area contributed by atoms with Crippen LogP contribution in [0.3, 0.4) is 0 Å². The van der Waals surface area contributed by atoms with E-state index in [0.29, 0.717) is 26.1 Å². The predicted molar refractivity (Wildman–Crippen MR) is 47.0 cm³/mol. The van der Waals surface area contributed by atoms with Crippen LogP contribution in [0.25, 0.3) is 0 Å². The predicted octanol–water partition coefficient (Wildman–Crippen LogP) is 1.14. The van der Waals surface area contributed by atoms with Crippen LogP contribution >= 0.6 is 0 Å². The number of hydrogen-bond donors (Lipinski definition) is 1. The van der Waals surface area contributed by atoms with Gasteiger partial charge in [-0.05, 0) is 19.8 Å². The van der Waals surface area contributed by atoms with Crippen LogP contribution in [0.15, 0.2) is 0 Å². The molecule has 0 saturated carbocycles. The van der Waals surface area contributed by atoms with Crippen molar-refractivity contribution in [2.24, 2.45) is 0 Å². The lowest BCUT2D eigenvalue weighted by Gasteiger charge is -2.07. The fraction of sp³-hybridized carbons (Fsp3) is 0.889. The van der Waals surface area contributed by atoms with Gasteiger partial charge >= 0.3 is 0 Å². The summed E-state index contributed by atoms with van der Waals surface area (Å²) in [4.78, 5) is 10.5. The molecule has 3 nitrogen and oxygen atoms in total. The van der Waals surface area contributed by atoms with Gasteiger partial charge in [0.2, 0.25) is 0 Å². The minimum Gasteiger partial charge on any atom is -0.393 e. The first-order valence-corrected chi connectivity index (χ1v) is 4.42. The van der Waals surface area contributed by atoms with Gasteiger partial charge in [0.1, 0.15) is 5.78 Å². The summed E-state index contributed by atoms with van der Waals surface area (Å²) in [5.41, 5.74) is 0. The molecule has 0 aliphatic heterocycles. The molecule has 72 valence electrons. The SMILES string of the molecule is CCC(O)CCOCCC(C)=O. The molecule has 12 heavy (non-hydrogen) atoms. The molecule has 0 saturated heterocycles. The van der Waals surface area contributed by atoms with E-state index in [2.05, 4.69) is 0 Å². The van der Waals surface area contributed by atoms with Gasteiger partial charge in [-0.3, -0.25) is 4.79 Å². The third-order valence-corrected chi connectivity index (χ3v) is 1.67. The lowest BCUT2D eigenvalue weighted by Crippen LogP contribution is -2.10. The Balaban J connectivity index is 3.05. The number of rotatable bonds is 7. The van der Waals surface area contributed by atoms with E-state index in [-0.39, 0.29) is 11.9 Å². The van der Waals surface area contributed by atoms with Crippen LogP contribution in [0.1, 0.15) is 33.1 Å². The maximum Gasteiger partial charge on any atom is 0.132 e. The summed E-state index contributed by atoms with van der Waals surface area (Å²) in [5.74, 6) is 0.144. The normalized spacial score (nSPS) is 12.9. The van der Waals surface area contributed by atoms with Crippen molar-refractivity contribution in [3.8, 4) is 0 Å². The van der Waals surface area contributed by atoms with Crippen molar-refractivity contribution in [2.45, 2.75) is 39.2 Å². The molecule has 0 bridgehead atoms. The molecule has 3 heteroatoms. The van der Waals surface area contributed by atoms with Crippen molar-refractivity contribution in [3.05, 3.63) is 0 Å². The fourth-order valence-electron chi connectivity index (χ4n) is 0.741. The van der Waals surface area contributed by atoms with E-state index in [1.807, 2.05) is 6.92 Å². The second-order valence-corrected chi connectivity index (χ2v) is 2.92. The van der Waals surface area contributed by atoms with Crippen LogP contribution in [0.5, 0.6) is 0 Å². The standard InChI is InChI=1S/C9H18O3/c1-3-9(11)5-7-12-6-4-8(2)10/h9,11H,3-7H2,1-2H3. The summed E-state index contributed by atoms with van der Waals surface area (Å²) >= 11 is 0. The van der Waals surface area contributed by atoms with Gasteiger partial charge in [0.25, 0.3) is 0 Å². The maximum absolute atomic E-state index is 10.5. The molecule has 0 aromatic heterocycles. The monoisotopic (exact) mass is 174 g/mol. The number of Topliss-reactive ketones (excluding diaryl/α,β-unsaturated/α-hetero) is 1. The molecule has 0 aromatic rings. The smallest absolute Gasteiger partial charge is 0.132 e. The maximum atomic E-state index is 10.5. The zero-order valence-electron chi connectivity index (χ0n) is 7.88. The average molecular weight is 174 g/mol. The number of ketones is 1. The molecule has 0 fully saturated rings. The second kappa shape index (κ2) is 7.25.